The topological polar surface area (TPSA) is 92.5 Å². The number of nitrogens with one attached hydrogen (secondary N) is 1. The van der Waals surface area contributed by atoms with Gasteiger partial charge in [0.05, 0.1) is 12.3 Å². The Morgan fingerprint density at radius 3 is 2.68 bits per heavy atom. The average Bonchev–Trinajstić information content (AvgIpc) is 2.36. The molecule has 1 aliphatic heterocycles. The van der Waals surface area contributed by atoms with Crippen LogP contribution in [-0.4, -0.2) is 38.2 Å². The summed E-state index contributed by atoms with van der Waals surface area (Å²) < 4.78 is 38.6. The van der Waals surface area contributed by atoms with Crippen LogP contribution in [0.5, 0.6) is 0 Å². The maximum Gasteiger partial charge on any atom is 0.315 e. The van der Waals surface area contributed by atoms with Gasteiger partial charge in [0.1, 0.15) is 5.82 Å². The molecular weight excluding hydrogens is 309 g/mol. The van der Waals surface area contributed by atoms with Crippen LogP contribution in [0, 0.1) is 12.7 Å². The number of likely N-dealkylation sites (tertiary alicyclic amines) is 1. The van der Waals surface area contributed by atoms with Crippen LogP contribution in [0.15, 0.2) is 18.2 Å². The number of benzene rings is 1. The Balaban J connectivity index is 2.31. The van der Waals surface area contributed by atoms with Gasteiger partial charge in [-0.15, -0.1) is 0 Å². The number of rotatable bonds is 3. The van der Waals surface area contributed by atoms with Crippen LogP contribution < -0.4 is 10.5 Å². The van der Waals surface area contributed by atoms with E-state index in [2.05, 4.69) is 4.72 Å². The number of nitrogens with two attached hydrogens (primary N) is 1. The van der Waals surface area contributed by atoms with Crippen LogP contribution in [0.25, 0.3) is 0 Å². The van der Waals surface area contributed by atoms with Crippen molar-refractivity contribution < 1.29 is 17.6 Å². The highest BCUT2D eigenvalue weighted by Crippen LogP contribution is 2.33. The summed E-state index contributed by atoms with van der Waals surface area (Å²) in [5, 5.41) is 0. The number of hydrogen-bond acceptors (Lipinski definition) is 3. The second kappa shape index (κ2) is 6.21. The third kappa shape index (κ3) is 3.95. The van der Waals surface area contributed by atoms with E-state index in [-0.39, 0.29) is 17.9 Å². The van der Waals surface area contributed by atoms with Gasteiger partial charge < -0.3 is 10.6 Å². The fourth-order valence-corrected chi connectivity index (χ4v) is 3.77. The zero-order chi connectivity index (χ0) is 16.5. The minimum absolute atomic E-state index is 0.278. The molecule has 122 valence electrons. The molecule has 1 fully saturated rings. The molecule has 2 atom stereocenters. The van der Waals surface area contributed by atoms with Crippen molar-refractivity contribution in [3.05, 3.63) is 35.1 Å². The van der Waals surface area contributed by atoms with Crippen LogP contribution >= 0.6 is 0 Å². The number of piperidine rings is 1. The van der Waals surface area contributed by atoms with Crippen molar-refractivity contribution in [1.29, 1.82) is 0 Å². The van der Waals surface area contributed by atoms with Gasteiger partial charge in [-0.3, -0.25) is 0 Å². The van der Waals surface area contributed by atoms with Crippen LogP contribution in [0.1, 0.15) is 30.0 Å². The minimum atomic E-state index is -3.33. The number of hydrogen-bond donors (Lipinski definition) is 2. The standard InChI is InChI=1S/C14H20FN3O3S/c1-9-7-10(15)3-4-12(9)13-8-11(17-22(2,20)21)5-6-18(13)14(16)19/h3-4,7,11,13,17H,5-6,8H2,1-2H3,(H2,16,19). The van der Waals surface area contributed by atoms with E-state index in [0.29, 0.717) is 24.9 Å². The van der Waals surface area contributed by atoms with Crippen molar-refractivity contribution in [3.8, 4) is 0 Å². The molecule has 0 spiro atoms. The molecule has 2 rings (SSSR count). The largest absolute Gasteiger partial charge is 0.351 e. The van der Waals surface area contributed by atoms with Crippen molar-refractivity contribution in [2.24, 2.45) is 5.73 Å². The molecule has 1 heterocycles. The Bertz CT molecular complexity index is 678. The SMILES string of the molecule is Cc1cc(F)ccc1C1CC(NS(C)(=O)=O)CCN1C(N)=O. The molecule has 1 aliphatic rings. The molecule has 3 N–H and O–H groups in total. The first kappa shape index (κ1) is 16.7. The van der Waals surface area contributed by atoms with Crippen molar-refractivity contribution in [2.45, 2.75) is 31.8 Å². The highest BCUT2D eigenvalue weighted by Gasteiger charge is 2.33. The van der Waals surface area contributed by atoms with E-state index in [1.165, 1.54) is 17.0 Å². The van der Waals surface area contributed by atoms with Gasteiger partial charge in [-0.1, -0.05) is 6.07 Å². The summed E-state index contributed by atoms with van der Waals surface area (Å²) in [4.78, 5) is 13.1. The average molecular weight is 329 g/mol. The van der Waals surface area contributed by atoms with Gasteiger partial charge in [0.15, 0.2) is 0 Å². The predicted molar refractivity (Wildman–Crippen MR) is 81.2 cm³/mol. The second-order valence-electron chi connectivity index (χ2n) is 5.66. The van der Waals surface area contributed by atoms with E-state index < -0.39 is 16.1 Å². The number of nitrogens with zero attached hydrogens (tertiary/aromatic N) is 1. The lowest BCUT2D eigenvalue weighted by atomic mass is 9.90. The first-order valence-corrected chi connectivity index (χ1v) is 8.86. The Morgan fingerprint density at radius 2 is 2.14 bits per heavy atom. The normalized spacial score (nSPS) is 22.6. The zero-order valence-corrected chi connectivity index (χ0v) is 13.4. The Hall–Kier alpha value is -1.67. The molecule has 1 saturated heterocycles. The van der Waals surface area contributed by atoms with Crippen molar-refractivity contribution in [2.75, 3.05) is 12.8 Å². The van der Waals surface area contributed by atoms with Gasteiger partial charge in [-0.2, -0.15) is 0 Å². The van der Waals surface area contributed by atoms with Crippen LogP contribution in [0.4, 0.5) is 9.18 Å². The summed E-state index contributed by atoms with van der Waals surface area (Å²) in [7, 11) is -3.33. The first-order valence-electron chi connectivity index (χ1n) is 6.97. The Morgan fingerprint density at radius 1 is 1.45 bits per heavy atom. The fraction of sp³-hybridized carbons (Fsp3) is 0.500. The van der Waals surface area contributed by atoms with Gasteiger partial charge in [0, 0.05) is 12.6 Å². The van der Waals surface area contributed by atoms with E-state index in [1.54, 1.807) is 13.0 Å². The number of carbonyl (C=O) groups is 1. The minimum Gasteiger partial charge on any atom is -0.351 e. The summed E-state index contributed by atoms with van der Waals surface area (Å²) in [6, 6.07) is 3.13. The van der Waals surface area contributed by atoms with Crippen LogP contribution in [-0.2, 0) is 10.0 Å². The molecule has 2 amide bonds. The maximum atomic E-state index is 13.3. The molecule has 6 nitrogen and oxygen atoms in total. The number of amides is 2. The summed E-state index contributed by atoms with van der Waals surface area (Å²) in [6.45, 7) is 2.11. The van der Waals surface area contributed by atoms with E-state index >= 15 is 0 Å². The predicted octanol–water partition coefficient (Wildman–Crippen LogP) is 1.27. The number of aryl methyl sites for hydroxylation is 1. The van der Waals surface area contributed by atoms with E-state index in [9.17, 15) is 17.6 Å². The highest BCUT2D eigenvalue weighted by atomic mass is 32.2. The zero-order valence-electron chi connectivity index (χ0n) is 12.5. The summed E-state index contributed by atoms with van der Waals surface area (Å²) >= 11 is 0. The van der Waals surface area contributed by atoms with Gasteiger partial charge in [-0.25, -0.2) is 22.3 Å². The second-order valence-corrected chi connectivity index (χ2v) is 7.44. The summed E-state index contributed by atoms with van der Waals surface area (Å²) in [5.41, 5.74) is 6.90. The number of carbonyl (C=O) groups excluding carboxylic acids is 1. The van der Waals surface area contributed by atoms with Crippen molar-refractivity contribution in [3.63, 3.8) is 0 Å². The van der Waals surface area contributed by atoms with Crippen LogP contribution in [0.3, 0.4) is 0 Å². The van der Waals surface area contributed by atoms with Gasteiger partial charge in [-0.05, 0) is 43.0 Å². The van der Waals surface area contributed by atoms with E-state index in [1.807, 2.05) is 0 Å². The van der Waals surface area contributed by atoms with Gasteiger partial charge in [0.2, 0.25) is 10.0 Å². The molecule has 0 aromatic heterocycles. The smallest absolute Gasteiger partial charge is 0.315 e. The quantitative estimate of drug-likeness (QED) is 0.874. The molecular formula is C14H20FN3O3S. The van der Waals surface area contributed by atoms with Crippen LogP contribution in [0.2, 0.25) is 0 Å². The number of primary amides is 1. The Labute approximate surface area is 129 Å². The molecule has 1 aromatic rings. The van der Waals surface area contributed by atoms with Crippen molar-refractivity contribution in [1.82, 2.24) is 9.62 Å². The Kier molecular flexibility index (Phi) is 4.72. The number of sulfonamides is 1. The third-order valence-corrected chi connectivity index (χ3v) is 4.62. The molecule has 2 unspecified atom stereocenters. The van der Waals surface area contributed by atoms with E-state index in [0.717, 1.165) is 11.8 Å². The van der Waals surface area contributed by atoms with E-state index in [4.69, 9.17) is 5.73 Å². The monoisotopic (exact) mass is 329 g/mol. The van der Waals surface area contributed by atoms with Crippen molar-refractivity contribution >= 4 is 16.1 Å². The highest BCUT2D eigenvalue weighted by molar-refractivity contribution is 7.88. The molecule has 8 heteroatoms. The third-order valence-electron chi connectivity index (χ3n) is 3.86. The molecule has 0 aliphatic carbocycles. The summed E-state index contributed by atoms with van der Waals surface area (Å²) in [5.74, 6) is -0.353. The fourth-order valence-electron chi connectivity index (χ4n) is 2.95. The molecule has 1 aromatic carbocycles. The molecule has 22 heavy (non-hydrogen) atoms. The number of halogens is 1. The molecule has 0 saturated carbocycles. The summed E-state index contributed by atoms with van der Waals surface area (Å²) in [6.07, 6.45) is 2.00. The lowest BCUT2D eigenvalue weighted by molar-refractivity contribution is 0.148. The number of urea groups is 1. The lowest BCUT2D eigenvalue weighted by Crippen LogP contribution is -2.49. The first-order chi connectivity index (χ1) is 10.2. The van der Waals surface area contributed by atoms with Gasteiger partial charge in [0.25, 0.3) is 0 Å². The maximum absolute atomic E-state index is 13.3. The molecule has 0 bridgehead atoms. The lowest BCUT2D eigenvalue weighted by Gasteiger charge is -2.39. The van der Waals surface area contributed by atoms with Gasteiger partial charge >= 0.3 is 6.03 Å². The molecule has 0 radical (unpaired) electrons.